The summed E-state index contributed by atoms with van der Waals surface area (Å²) < 4.78 is 0. The Morgan fingerprint density at radius 1 is 1.39 bits per heavy atom. The molecule has 1 amide bonds. The van der Waals surface area contributed by atoms with Crippen LogP contribution in [-0.4, -0.2) is 41.7 Å². The molecular formula is C11H13N3O4. The topological polar surface area (TPSA) is 107 Å². The van der Waals surface area contributed by atoms with Crippen LogP contribution in [0.25, 0.3) is 0 Å². The van der Waals surface area contributed by atoms with Crippen molar-refractivity contribution >= 4 is 17.4 Å². The number of carbonyl (C=O) groups is 2. The highest BCUT2D eigenvalue weighted by atomic mass is 16.6. The number of ketones is 1. The molecule has 1 aromatic carbocycles. The summed E-state index contributed by atoms with van der Waals surface area (Å²) >= 11 is 0. The quantitative estimate of drug-likeness (QED) is 0.441. The molecule has 0 bridgehead atoms. The molecule has 18 heavy (non-hydrogen) atoms. The summed E-state index contributed by atoms with van der Waals surface area (Å²) in [5.41, 5.74) is 5.09. The third-order valence-electron chi connectivity index (χ3n) is 2.22. The van der Waals surface area contributed by atoms with Crippen LogP contribution >= 0.6 is 0 Å². The molecule has 0 aliphatic rings. The molecule has 0 fully saturated rings. The highest BCUT2D eigenvalue weighted by Gasteiger charge is 2.14. The number of likely N-dealkylation sites (N-methyl/N-ethyl adjacent to an activating group) is 1. The maximum absolute atomic E-state index is 11.8. The number of primary amides is 1. The molecule has 7 heteroatoms. The number of nitro groups is 1. The minimum Gasteiger partial charge on any atom is -0.369 e. The molecule has 0 spiro atoms. The van der Waals surface area contributed by atoms with Crippen LogP contribution in [0, 0.1) is 10.1 Å². The predicted molar refractivity (Wildman–Crippen MR) is 64.1 cm³/mol. The lowest BCUT2D eigenvalue weighted by molar-refractivity contribution is -0.384. The lowest BCUT2D eigenvalue weighted by Crippen LogP contribution is -2.34. The number of nitrogens with two attached hydrogens (primary N) is 1. The summed E-state index contributed by atoms with van der Waals surface area (Å²) in [7, 11) is 1.57. The summed E-state index contributed by atoms with van der Waals surface area (Å²) in [5, 5.41) is 10.6. The van der Waals surface area contributed by atoms with Gasteiger partial charge in [0.15, 0.2) is 5.78 Å². The Morgan fingerprint density at radius 2 is 2.06 bits per heavy atom. The number of hydrogen-bond donors (Lipinski definition) is 1. The maximum Gasteiger partial charge on any atom is 0.270 e. The van der Waals surface area contributed by atoms with Crippen LogP contribution in [0.2, 0.25) is 0 Å². The second-order valence-corrected chi connectivity index (χ2v) is 3.87. The van der Waals surface area contributed by atoms with E-state index >= 15 is 0 Å². The van der Waals surface area contributed by atoms with Crippen LogP contribution < -0.4 is 5.73 Å². The fourth-order valence-electron chi connectivity index (χ4n) is 1.45. The molecule has 0 aliphatic heterocycles. The Kier molecular flexibility index (Phi) is 4.50. The van der Waals surface area contributed by atoms with Gasteiger partial charge in [-0.2, -0.15) is 0 Å². The van der Waals surface area contributed by atoms with Crippen molar-refractivity contribution in [3.63, 3.8) is 0 Å². The van der Waals surface area contributed by atoms with E-state index in [1.807, 2.05) is 0 Å². The Bertz CT molecular complexity index is 487. The monoisotopic (exact) mass is 251 g/mol. The van der Waals surface area contributed by atoms with Gasteiger partial charge in [-0.3, -0.25) is 24.6 Å². The standard InChI is InChI=1S/C11H13N3O4/c1-13(7-11(12)16)6-10(15)8-3-2-4-9(5-8)14(17)18/h2-5H,6-7H2,1H3,(H2,12,16). The van der Waals surface area contributed by atoms with Crippen LogP contribution in [0.15, 0.2) is 24.3 Å². The number of nitrogens with zero attached hydrogens (tertiary/aromatic N) is 2. The van der Waals surface area contributed by atoms with E-state index in [4.69, 9.17) is 5.73 Å². The van der Waals surface area contributed by atoms with Gasteiger partial charge in [-0.05, 0) is 7.05 Å². The Labute approximate surface area is 103 Å². The van der Waals surface area contributed by atoms with Crippen LogP contribution in [-0.2, 0) is 4.79 Å². The summed E-state index contributed by atoms with van der Waals surface area (Å²) in [6.07, 6.45) is 0. The van der Waals surface area contributed by atoms with Crippen molar-refractivity contribution < 1.29 is 14.5 Å². The van der Waals surface area contributed by atoms with Crippen molar-refractivity contribution in [1.82, 2.24) is 4.90 Å². The number of non-ortho nitro benzene ring substituents is 1. The summed E-state index contributed by atoms with van der Waals surface area (Å²) in [5.74, 6) is -0.841. The zero-order chi connectivity index (χ0) is 13.7. The molecule has 1 rings (SSSR count). The zero-order valence-corrected chi connectivity index (χ0v) is 9.83. The number of hydrogen-bond acceptors (Lipinski definition) is 5. The lowest BCUT2D eigenvalue weighted by atomic mass is 10.1. The molecule has 7 nitrogen and oxygen atoms in total. The number of rotatable bonds is 6. The summed E-state index contributed by atoms with van der Waals surface area (Å²) in [6.45, 7) is -0.0647. The largest absolute Gasteiger partial charge is 0.369 e. The van der Waals surface area contributed by atoms with Gasteiger partial charge < -0.3 is 5.73 Å². The molecule has 96 valence electrons. The second-order valence-electron chi connectivity index (χ2n) is 3.87. The first-order valence-electron chi connectivity index (χ1n) is 5.14. The van der Waals surface area contributed by atoms with Gasteiger partial charge in [0.25, 0.3) is 5.69 Å². The van der Waals surface area contributed by atoms with E-state index in [2.05, 4.69) is 0 Å². The zero-order valence-electron chi connectivity index (χ0n) is 9.83. The molecular weight excluding hydrogens is 238 g/mol. The minimum atomic E-state index is -0.566. The van der Waals surface area contributed by atoms with E-state index in [9.17, 15) is 19.7 Å². The van der Waals surface area contributed by atoms with Gasteiger partial charge in [0.1, 0.15) is 0 Å². The van der Waals surface area contributed by atoms with Gasteiger partial charge in [-0.25, -0.2) is 0 Å². The number of benzene rings is 1. The third-order valence-corrected chi connectivity index (χ3v) is 2.22. The second kappa shape index (κ2) is 5.87. The van der Waals surface area contributed by atoms with Gasteiger partial charge in [-0.1, -0.05) is 12.1 Å². The molecule has 0 aliphatic carbocycles. The van der Waals surface area contributed by atoms with Gasteiger partial charge >= 0.3 is 0 Å². The van der Waals surface area contributed by atoms with Crippen LogP contribution in [0.5, 0.6) is 0 Å². The highest BCUT2D eigenvalue weighted by molar-refractivity contribution is 5.98. The van der Waals surface area contributed by atoms with Gasteiger partial charge in [0, 0.05) is 17.7 Å². The minimum absolute atomic E-state index is 0.0237. The molecule has 0 heterocycles. The first-order valence-corrected chi connectivity index (χ1v) is 5.14. The average molecular weight is 251 g/mol. The van der Waals surface area contributed by atoms with Crippen molar-refractivity contribution in [3.05, 3.63) is 39.9 Å². The van der Waals surface area contributed by atoms with E-state index in [1.54, 1.807) is 7.05 Å². The molecule has 1 aromatic rings. The van der Waals surface area contributed by atoms with Crippen molar-refractivity contribution in [1.29, 1.82) is 0 Å². The van der Waals surface area contributed by atoms with E-state index in [0.717, 1.165) is 0 Å². The summed E-state index contributed by atoms with van der Waals surface area (Å²) in [4.78, 5) is 33.9. The fourth-order valence-corrected chi connectivity index (χ4v) is 1.45. The third kappa shape index (κ3) is 3.95. The molecule has 0 unspecified atom stereocenters. The molecule has 0 saturated heterocycles. The van der Waals surface area contributed by atoms with E-state index in [1.165, 1.54) is 29.2 Å². The Balaban J connectivity index is 2.75. The lowest BCUT2D eigenvalue weighted by Gasteiger charge is -2.12. The number of carbonyl (C=O) groups excluding carboxylic acids is 2. The predicted octanol–water partition coefficient (Wildman–Crippen LogP) is 0.195. The van der Waals surface area contributed by atoms with Crippen molar-refractivity contribution in [2.75, 3.05) is 20.1 Å². The van der Waals surface area contributed by atoms with Crippen molar-refractivity contribution in [3.8, 4) is 0 Å². The van der Waals surface area contributed by atoms with Gasteiger partial charge in [0.05, 0.1) is 18.0 Å². The Hall–Kier alpha value is -2.28. The van der Waals surface area contributed by atoms with Gasteiger partial charge in [0.2, 0.25) is 5.91 Å². The SMILES string of the molecule is CN(CC(N)=O)CC(=O)c1cccc([N+](=O)[O-])c1. The maximum atomic E-state index is 11.8. The molecule has 0 atom stereocenters. The average Bonchev–Trinajstić information content (AvgIpc) is 2.27. The van der Waals surface area contributed by atoms with Crippen molar-refractivity contribution in [2.24, 2.45) is 5.73 Å². The van der Waals surface area contributed by atoms with Gasteiger partial charge in [-0.15, -0.1) is 0 Å². The van der Waals surface area contributed by atoms with E-state index in [0.29, 0.717) is 0 Å². The smallest absolute Gasteiger partial charge is 0.270 e. The van der Waals surface area contributed by atoms with Crippen LogP contribution in [0.1, 0.15) is 10.4 Å². The number of amides is 1. The molecule has 0 saturated carbocycles. The number of nitro benzene ring substituents is 1. The first-order chi connectivity index (χ1) is 8.40. The molecule has 0 radical (unpaired) electrons. The highest BCUT2D eigenvalue weighted by Crippen LogP contribution is 2.13. The molecule has 0 aromatic heterocycles. The van der Waals surface area contributed by atoms with Crippen LogP contribution in [0.4, 0.5) is 5.69 Å². The Morgan fingerprint density at radius 3 is 2.61 bits per heavy atom. The normalized spacial score (nSPS) is 10.3. The van der Waals surface area contributed by atoms with Crippen molar-refractivity contribution in [2.45, 2.75) is 0 Å². The first kappa shape index (κ1) is 13.8. The molecule has 2 N–H and O–H groups in total. The van der Waals surface area contributed by atoms with E-state index < -0.39 is 10.8 Å². The summed E-state index contributed by atoms with van der Waals surface area (Å²) in [6, 6.07) is 5.46. The fraction of sp³-hybridized carbons (Fsp3) is 0.273. The van der Waals surface area contributed by atoms with E-state index in [-0.39, 0.29) is 30.1 Å². The number of Topliss-reactive ketones (excluding diaryl/α,β-unsaturated/α-hetero) is 1. The van der Waals surface area contributed by atoms with Crippen LogP contribution in [0.3, 0.4) is 0 Å².